The highest BCUT2D eigenvalue weighted by Gasteiger charge is 2.18. The van der Waals surface area contributed by atoms with E-state index in [0.29, 0.717) is 0 Å². The Morgan fingerprint density at radius 3 is 2.11 bits per heavy atom. The summed E-state index contributed by atoms with van der Waals surface area (Å²) in [5.41, 5.74) is 2.17. The van der Waals surface area contributed by atoms with E-state index >= 15 is 0 Å². The zero-order valence-corrected chi connectivity index (χ0v) is 11.3. The van der Waals surface area contributed by atoms with Gasteiger partial charge in [0, 0.05) is 52.4 Å². The van der Waals surface area contributed by atoms with E-state index in [2.05, 4.69) is 30.5 Å². The molecule has 0 atom stereocenters. The van der Waals surface area contributed by atoms with Crippen LogP contribution in [-0.4, -0.2) is 77.7 Å². The van der Waals surface area contributed by atoms with E-state index in [0.717, 1.165) is 77.0 Å². The van der Waals surface area contributed by atoms with Gasteiger partial charge in [-0.1, -0.05) is 0 Å². The predicted octanol–water partition coefficient (Wildman–Crippen LogP) is -0.958. The van der Waals surface area contributed by atoms with Crippen molar-refractivity contribution in [2.24, 2.45) is 0 Å². The van der Waals surface area contributed by atoms with Crippen LogP contribution in [0.4, 0.5) is 0 Å². The maximum Gasteiger partial charge on any atom is 0.101 e. The van der Waals surface area contributed by atoms with Gasteiger partial charge in [-0.25, -0.2) is 0 Å². The molecule has 19 heavy (non-hydrogen) atoms. The van der Waals surface area contributed by atoms with Crippen LogP contribution in [0.25, 0.3) is 0 Å². The van der Waals surface area contributed by atoms with Crippen molar-refractivity contribution in [2.45, 2.75) is 13.1 Å². The molecular formula is C12H22N6O. The Bertz CT molecular complexity index is 349. The molecule has 7 heteroatoms. The van der Waals surface area contributed by atoms with Crippen LogP contribution in [0, 0.1) is 0 Å². The number of morpholine rings is 1. The van der Waals surface area contributed by atoms with Crippen LogP contribution in [0.5, 0.6) is 0 Å². The molecule has 0 aliphatic carbocycles. The first-order chi connectivity index (χ1) is 9.42. The molecule has 1 aromatic rings. The van der Waals surface area contributed by atoms with Crippen LogP contribution in [0.2, 0.25) is 0 Å². The van der Waals surface area contributed by atoms with E-state index in [1.165, 1.54) is 0 Å². The molecule has 0 saturated carbocycles. The van der Waals surface area contributed by atoms with Crippen LogP contribution in [-0.2, 0) is 17.8 Å². The van der Waals surface area contributed by atoms with E-state index in [1.807, 2.05) is 0 Å². The number of nitrogens with one attached hydrogen (secondary N) is 2. The average Bonchev–Trinajstić information content (AvgIpc) is 2.88. The topological polar surface area (TPSA) is 69.3 Å². The number of rotatable bonds is 4. The van der Waals surface area contributed by atoms with Crippen molar-refractivity contribution in [2.75, 3.05) is 52.5 Å². The Hall–Kier alpha value is -1.02. The van der Waals surface area contributed by atoms with Gasteiger partial charge in [0.15, 0.2) is 0 Å². The first-order valence-corrected chi connectivity index (χ1v) is 7.03. The quantitative estimate of drug-likeness (QED) is 0.732. The third kappa shape index (κ3) is 3.50. The van der Waals surface area contributed by atoms with Crippen molar-refractivity contribution in [3.8, 4) is 0 Å². The van der Waals surface area contributed by atoms with Gasteiger partial charge in [0.2, 0.25) is 0 Å². The van der Waals surface area contributed by atoms with E-state index < -0.39 is 0 Å². The molecule has 0 amide bonds. The van der Waals surface area contributed by atoms with E-state index in [-0.39, 0.29) is 0 Å². The molecule has 2 N–H and O–H groups in total. The number of piperazine rings is 1. The number of ether oxygens (including phenoxy) is 1. The standard InChI is InChI=1S/C12H22N6O/c1-3-17(4-2-13-1)9-11-12(15-16-14-11)10-18-5-7-19-8-6-18/h13H,1-10H2,(H,14,15,16). The third-order valence-corrected chi connectivity index (χ3v) is 3.76. The fourth-order valence-corrected chi connectivity index (χ4v) is 2.58. The summed E-state index contributed by atoms with van der Waals surface area (Å²) in [7, 11) is 0. The maximum absolute atomic E-state index is 5.37. The van der Waals surface area contributed by atoms with Crippen molar-refractivity contribution in [1.29, 1.82) is 0 Å². The molecule has 2 aliphatic rings. The number of aromatic nitrogens is 3. The zero-order chi connectivity index (χ0) is 12.9. The van der Waals surface area contributed by atoms with Gasteiger partial charge >= 0.3 is 0 Å². The van der Waals surface area contributed by atoms with Gasteiger partial charge < -0.3 is 10.1 Å². The zero-order valence-electron chi connectivity index (χ0n) is 11.3. The summed E-state index contributed by atoms with van der Waals surface area (Å²) in [5, 5.41) is 14.8. The van der Waals surface area contributed by atoms with Gasteiger partial charge in [-0.3, -0.25) is 9.80 Å². The predicted molar refractivity (Wildman–Crippen MR) is 70.6 cm³/mol. The molecule has 106 valence electrons. The summed E-state index contributed by atoms with van der Waals surface area (Å²) in [6.07, 6.45) is 0. The van der Waals surface area contributed by atoms with Gasteiger partial charge in [0.25, 0.3) is 0 Å². The van der Waals surface area contributed by atoms with Crippen LogP contribution in [0.15, 0.2) is 0 Å². The second-order valence-electron chi connectivity index (χ2n) is 5.13. The summed E-state index contributed by atoms with van der Waals surface area (Å²) >= 11 is 0. The van der Waals surface area contributed by atoms with Crippen molar-refractivity contribution >= 4 is 0 Å². The molecule has 3 rings (SSSR count). The first-order valence-electron chi connectivity index (χ1n) is 7.03. The van der Waals surface area contributed by atoms with Gasteiger partial charge in [-0.2, -0.15) is 15.4 Å². The summed E-state index contributed by atoms with van der Waals surface area (Å²) in [6.45, 7) is 9.70. The van der Waals surface area contributed by atoms with Crippen molar-refractivity contribution in [1.82, 2.24) is 30.5 Å². The summed E-state index contributed by atoms with van der Waals surface area (Å²) in [4.78, 5) is 4.81. The Morgan fingerprint density at radius 2 is 1.47 bits per heavy atom. The minimum Gasteiger partial charge on any atom is -0.379 e. The first kappa shape index (κ1) is 13.0. The molecule has 0 aromatic carbocycles. The number of nitrogens with zero attached hydrogens (tertiary/aromatic N) is 4. The molecule has 1 aromatic heterocycles. The molecule has 7 nitrogen and oxygen atoms in total. The average molecular weight is 266 g/mol. The Labute approximate surface area is 113 Å². The molecule has 2 fully saturated rings. The second-order valence-corrected chi connectivity index (χ2v) is 5.13. The highest BCUT2D eigenvalue weighted by Crippen LogP contribution is 2.10. The maximum atomic E-state index is 5.37. The Morgan fingerprint density at radius 1 is 0.895 bits per heavy atom. The van der Waals surface area contributed by atoms with Gasteiger partial charge in [0.05, 0.1) is 13.2 Å². The number of H-pyrrole nitrogens is 1. The van der Waals surface area contributed by atoms with Crippen LogP contribution >= 0.6 is 0 Å². The summed E-state index contributed by atoms with van der Waals surface area (Å²) in [6, 6.07) is 0. The fraction of sp³-hybridized carbons (Fsp3) is 0.833. The number of hydrogen-bond acceptors (Lipinski definition) is 6. The number of aromatic amines is 1. The molecule has 0 spiro atoms. The van der Waals surface area contributed by atoms with Crippen molar-refractivity contribution < 1.29 is 4.74 Å². The number of hydrogen-bond donors (Lipinski definition) is 2. The van der Waals surface area contributed by atoms with Crippen molar-refractivity contribution in [3.05, 3.63) is 11.4 Å². The molecule has 3 heterocycles. The molecule has 0 unspecified atom stereocenters. The lowest BCUT2D eigenvalue weighted by Gasteiger charge is -2.28. The fourth-order valence-electron chi connectivity index (χ4n) is 2.58. The monoisotopic (exact) mass is 266 g/mol. The highest BCUT2D eigenvalue weighted by molar-refractivity contribution is 5.08. The minimum absolute atomic E-state index is 0.824. The largest absolute Gasteiger partial charge is 0.379 e. The van der Waals surface area contributed by atoms with Crippen LogP contribution < -0.4 is 5.32 Å². The Kier molecular flexibility index (Phi) is 4.39. The molecule has 0 bridgehead atoms. The molecule has 2 aliphatic heterocycles. The summed E-state index contributed by atoms with van der Waals surface area (Å²) in [5.74, 6) is 0. The molecule has 2 saturated heterocycles. The van der Waals surface area contributed by atoms with Gasteiger partial charge in [-0.05, 0) is 0 Å². The SMILES string of the molecule is C1CN(Cc2n[nH]nc2CN2CCOCC2)CCN1. The van der Waals surface area contributed by atoms with Crippen LogP contribution in [0.3, 0.4) is 0 Å². The van der Waals surface area contributed by atoms with E-state index in [1.54, 1.807) is 0 Å². The summed E-state index contributed by atoms with van der Waals surface area (Å²) < 4.78 is 5.37. The highest BCUT2D eigenvalue weighted by atomic mass is 16.5. The Balaban J connectivity index is 1.57. The minimum atomic E-state index is 0.824. The normalized spacial score (nSPS) is 22.7. The lowest BCUT2D eigenvalue weighted by Crippen LogP contribution is -2.43. The van der Waals surface area contributed by atoms with Gasteiger partial charge in [0.1, 0.15) is 11.4 Å². The lowest BCUT2D eigenvalue weighted by molar-refractivity contribution is 0.0334. The van der Waals surface area contributed by atoms with Gasteiger partial charge in [-0.15, -0.1) is 0 Å². The lowest BCUT2D eigenvalue weighted by atomic mass is 10.2. The van der Waals surface area contributed by atoms with E-state index in [9.17, 15) is 0 Å². The van der Waals surface area contributed by atoms with Crippen molar-refractivity contribution in [3.63, 3.8) is 0 Å². The van der Waals surface area contributed by atoms with E-state index in [4.69, 9.17) is 4.74 Å². The van der Waals surface area contributed by atoms with Crippen LogP contribution in [0.1, 0.15) is 11.4 Å². The molecular weight excluding hydrogens is 244 g/mol. The smallest absolute Gasteiger partial charge is 0.101 e. The molecule has 0 radical (unpaired) electrons. The second kappa shape index (κ2) is 6.42. The third-order valence-electron chi connectivity index (χ3n) is 3.76.